The van der Waals surface area contributed by atoms with Crippen LogP contribution in [0.5, 0.6) is 0 Å². The van der Waals surface area contributed by atoms with E-state index in [4.69, 9.17) is 4.98 Å². The Hall–Kier alpha value is -2.82. The van der Waals surface area contributed by atoms with Gasteiger partial charge in [-0.2, -0.15) is 0 Å². The topological polar surface area (TPSA) is 56.0 Å². The molecule has 5 heteroatoms. The van der Waals surface area contributed by atoms with E-state index in [-0.39, 0.29) is 0 Å². The lowest BCUT2D eigenvalue weighted by Crippen LogP contribution is -1.97. The van der Waals surface area contributed by atoms with E-state index in [2.05, 4.69) is 28.2 Å². The predicted octanol–water partition coefficient (Wildman–Crippen LogP) is 2.96. The van der Waals surface area contributed by atoms with E-state index in [9.17, 15) is 0 Å². The van der Waals surface area contributed by atoms with Crippen molar-refractivity contribution in [3.05, 3.63) is 54.2 Å². The van der Waals surface area contributed by atoms with Gasteiger partial charge in [0.15, 0.2) is 5.65 Å². The van der Waals surface area contributed by atoms with Crippen molar-refractivity contribution in [3.8, 4) is 11.1 Å². The fourth-order valence-corrected chi connectivity index (χ4v) is 2.71. The lowest BCUT2D eigenvalue weighted by Gasteiger charge is -2.10. The van der Waals surface area contributed by atoms with Gasteiger partial charge in [-0.15, -0.1) is 10.2 Å². The molecule has 0 unspecified atom stereocenters. The Labute approximate surface area is 121 Å². The van der Waals surface area contributed by atoms with Crippen molar-refractivity contribution in [2.45, 2.75) is 13.8 Å². The number of nitrogens with zero attached hydrogens (tertiary/aromatic N) is 5. The molecule has 0 bridgehead atoms. The number of hydrogen-bond donors (Lipinski definition) is 0. The van der Waals surface area contributed by atoms with Gasteiger partial charge in [-0.05, 0) is 37.1 Å². The molecule has 0 atom stereocenters. The zero-order chi connectivity index (χ0) is 14.4. The van der Waals surface area contributed by atoms with Crippen LogP contribution in [0.4, 0.5) is 0 Å². The molecule has 5 nitrogen and oxygen atoms in total. The van der Waals surface area contributed by atoms with Gasteiger partial charge in [0.25, 0.3) is 0 Å². The van der Waals surface area contributed by atoms with E-state index in [1.165, 1.54) is 0 Å². The fourth-order valence-electron chi connectivity index (χ4n) is 2.71. The van der Waals surface area contributed by atoms with Crippen LogP contribution in [0.25, 0.3) is 27.8 Å². The minimum Gasteiger partial charge on any atom is -0.278 e. The number of fused-ring (bicyclic) bond motifs is 3. The van der Waals surface area contributed by atoms with E-state index >= 15 is 0 Å². The van der Waals surface area contributed by atoms with Crippen molar-refractivity contribution in [3.63, 3.8) is 0 Å². The summed E-state index contributed by atoms with van der Waals surface area (Å²) in [6.07, 6.45) is 5.42. The van der Waals surface area contributed by atoms with Crippen molar-refractivity contribution in [1.82, 2.24) is 24.6 Å². The normalized spacial score (nSPS) is 11.3. The second kappa shape index (κ2) is 4.34. The Bertz CT molecular complexity index is 971. The molecule has 0 spiro atoms. The number of aryl methyl sites for hydroxylation is 2. The van der Waals surface area contributed by atoms with Gasteiger partial charge in [0, 0.05) is 18.0 Å². The molecule has 21 heavy (non-hydrogen) atoms. The molecule has 0 fully saturated rings. The molecule has 3 heterocycles. The minimum atomic E-state index is 0.797. The number of aromatic nitrogens is 5. The molecule has 1 aromatic carbocycles. The Morgan fingerprint density at radius 2 is 1.95 bits per heavy atom. The molecular weight excluding hydrogens is 262 g/mol. The number of rotatable bonds is 1. The first-order valence-electron chi connectivity index (χ1n) is 6.76. The van der Waals surface area contributed by atoms with Crippen molar-refractivity contribution >= 4 is 16.7 Å². The Morgan fingerprint density at radius 3 is 2.81 bits per heavy atom. The molecule has 3 aromatic heterocycles. The van der Waals surface area contributed by atoms with Crippen LogP contribution in [0.3, 0.4) is 0 Å². The molecule has 0 saturated heterocycles. The molecule has 0 saturated carbocycles. The summed E-state index contributed by atoms with van der Waals surface area (Å²) in [6, 6.07) is 8.19. The lowest BCUT2D eigenvalue weighted by atomic mass is 10.0. The number of hydrogen-bond acceptors (Lipinski definition) is 4. The van der Waals surface area contributed by atoms with Crippen LogP contribution in [-0.2, 0) is 0 Å². The molecule has 0 aliphatic carbocycles. The van der Waals surface area contributed by atoms with E-state index in [1.807, 2.05) is 41.9 Å². The Balaban J connectivity index is 2.16. The van der Waals surface area contributed by atoms with Crippen molar-refractivity contribution in [2.24, 2.45) is 0 Å². The summed E-state index contributed by atoms with van der Waals surface area (Å²) >= 11 is 0. The van der Waals surface area contributed by atoms with Crippen LogP contribution in [0.15, 0.2) is 43.0 Å². The summed E-state index contributed by atoms with van der Waals surface area (Å²) in [6.45, 7) is 4.02. The van der Waals surface area contributed by atoms with Crippen LogP contribution in [-0.4, -0.2) is 24.6 Å². The summed E-state index contributed by atoms with van der Waals surface area (Å²) in [5.74, 6) is 0. The van der Waals surface area contributed by atoms with Gasteiger partial charge in [0.1, 0.15) is 6.33 Å². The first-order valence-corrected chi connectivity index (χ1v) is 6.76. The highest BCUT2D eigenvalue weighted by Crippen LogP contribution is 2.29. The molecular formula is C16H13N5. The third-order valence-electron chi connectivity index (χ3n) is 3.74. The monoisotopic (exact) mass is 275 g/mol. The zero-order valence-electron chi connectivity index (χ0n) is 11.8. The first kappa shape index (κ1) is 12.0. The van der Waals surface area contributed by atoms with E-state index < -0.39 is 0 Å². The van der Waals surface area contributed by atoms with E-state index in [1.54, 1.807) is 6.33 Å². The van der Waals surface area contributed by atoms with Gasteiger partial charge in [0.2, 0.25) is 0 Å². The molecule has 0 aliphatic rings. The van der Waals surface area contributed by atoms with Crippen LogP contribution < -0.4 is 0 Å². The predicted molar refractivity (Wildman–Crippen MR) is 81.0 cm³/mol. The average molecular weight is 275 g/mol. The molecule has 4 rings (SSSR count). The van der Waals surface area contributed by atoms with Crippen LogP contribution in [0.1, 0.15) is 11.3 Å². The molecule has 4 aromatic rings. The Kier molecular flexibility index (Phi) is 2.47. The second-order valence-corrected chi connectivity index (χ2v) is 5.09. The van der Waals surface area contributed by atoms with Gasteiger partial charge < -0.3 is 0 Å². The summed E-state index contributed by atoms with van der Waals surface area (Å²) in [4.78, 5) is 8.91. The zero-order valence-corrected chi connectivity index (χ0v) is 11.8. The molecule has 102 valence electrons. The molecule has 0 N–H and O–H groups in total. The minimum absolute atomic E-state index is 0.797. The molecule has 0 aliphatic heterocycles. The maximum Gasteiger partial charge on any atom is 0.182 e. The van der Waals surface area contributed by atoms with Crippen molar-refractivity contribution in [2.75, 3.05) is 0 Å². The third kappa shape index (κ3) is 1.71. The standard InChI is InChI=1S/C16H13N5/c1-10-8-17-7-6-12(10)13-4-3-5-14-15(13)19-11(2)16-20-18-9-21(14)16/h3-9H,1-2H3. The molecule has 0 amide bonds. The lowest BCUT2D eigenvalue weighted by molar-refractivity contribution is 1.10. The van der Waals surface area contributed by atoms with Gasteiger partial charge in [-0.1, -0.05) is 12.1 Å². The number of para-hydroxylation sites is 1. The number of pyridine rings is 1. The summed E-state index contributed by atoms with van der Waals surface area (Å²) in [5.41, 5.74) is 7.02. The van der Waals surface area contributed by atoms with Gasteiger partial charge in [-0.3, -0.25) is 9.38 Å². The number of benzene rings is 1. The highest BCUT2D eigenvalue weighted by Gasteiger charge is 2.12. The van der Waals surface area contributed by atoms with Crippen LogP contribution in [0.2, 0.25) is 0 Å². The highest BCUT2D eigenvalue weighted by atomic mass is 15.2. The van der Waals surface area contributed by atoms with Gasteiger partial charge in [0.05, 0.1) is 16.7 Å². The van der Waals surface area contributed by atoms with Crippen LogP contribution >= 0.6 is 0 Å². The summed E-state index contributed by atoms with van der Waals surface area (Å²) < 4.78 is 1.98. The van der Waals surface area contributed by atoms with E-state index in [0.29, 0.717) is 0 Å². The van der Waals surface area contributed by atoms with Crippen molar-refractivity contribution in [1.29, 1.82) is 0 Å². The van der Waals surface area contributed by atoms with E-state index in [0.717, 1.165) is 39.1 Å². The van der Waals surface area contributed by atoms with Gasteiger partial charge in [-0.25, -0.2) is 4.98 Å². The summed E-state index contributed by atoms with van der Waals surface area (Å²) in [7, 11) is 0. The summed E-state index contributed by atoms with van der Waals surface area (Å²) in [5, 5.41) is 8.12. The average Bonchev–Trinajstić information content (AvgIpc) is 2.98. The molecule has 0 radical (unpaired) electrons. The van der Waals surface area contributed by atoms with Gasteiger partial charge >= 0.3 is 0 Å². The largest absolute Gasteiger partial charge is 0.278 e. The third-order valence-corrected chi connectivity index (χ3v) is 3.74. The Morgan fingerprint density at radius 1 is 1.05 bits per heavy atom. The first-order chi connectivity index (χ1) is 10.3. The van der Waals surface area contributed by atoms with Crippen molar-refractivity contribution < 1.29 is 0 Å². The second-order valence-electron chi connectivity index (χ2n) is 5.09. The quantitative estimate of drug-likeness (QED) is 0.536. The maximum atomic E-state index is 4.75. The SMILES string of the molecule is Cc1cnccc1-c1cccc2c1nc(C)c1nncn12. The highest BCUT2D eigenvalue weighted by molar-refractivity contribution is 5.93. The fraction of sp³-hybridized carbons (Fsp3) is 0.125. The smallest absolute Gasteiger partial charge is 0.182 e. The van der Waals surface area contributed by atoms with Crippen LogP contribution in [0, 0.1) is 13.8 Å². The maximum absolute atomic E-state index is 4.75.